The van der Waals surface area contributed by atoms with Gasteiger partial charge in [0, 0.05) is 33.8 Å². The second kappa shape index (κ2) is 10.9. The molecule has 3 aromatic rings. The number of carbonyl (C=O) groups excluding carboxylic acids is 1. The van der Waals surface area contributed by atoms with Crippen molar-refractivity contribution in [2.45, 2.75) is 26.0 Å². The summed E-state index contributed by atoms with van der Waals surface area (Å²) in [6.45, 7) is 2.90. The van der Waals surface area contributed by atoms with Gasteiger partial charge in [-0.2, -0.15) is 0 Å². The van der Waals surface area contributed by atoms with E-state index in [0.29, 0.717) is 23.2 Å². The molecule has 166 valence electrons. The van der Waals surface area contributed by atoms with Crippen LogP contribution in [0.3, 0.4) is 0 Å². The Labute approximate surface area is 199 Å². The van der Waals surface area contributed by atoms with Crippen LogP contribution in [-0.2, 0) is 17.9 Å². The number of halogens is 2. The van der Waals surface area contributed by atoms with E-state index in [9.17, 15) is 4.79 Å². The van der Waals surface area contributed by atoms with Crippen LogP contribution in [0, 0.1) is 5.92 Å². The molecule has 32 heavy (non-hydrogen) atoms. The Morgan fingerprint density at radius 1 is 0.906 bits per heavy atom. The Morgan fingerprint density at radius 3 is 2.22 bits per heavy atom. The minimum Gasteiger partial charge on any atom is -0.489 e. The highest BCUT2D eigenvalue weighted by Gasteiger charge is 2.25. The Kier molecular flexibility index (Phi) is 7.69. The second-order valence-electron chi connectivity index (χ2n) is 8.04. The van der Waals surface area contributed by atoms with Crippen molar-refractivity contribution in [2.75, 3.05) is 18.4 Å². The zero-order valence-corrected chi connectivity index (χ0v) is 19.3. The highest BCUT2D eigenvalue weighted by Crippen LogP contribution is 2.28. The van der Waals surface area contributed by atoms with Crippen LogP contribution in [0.2, 0.25) is 10.0 Å². The first-order chi connectivity index (χ1) is 15.6. The minimum atomic E-state index is 0.00183. The minimum absolute atomic E-state index is 0.00183. The SMILES string of the molecule is O=C(Nc1ccc(OCc2ccccc2)cc1)C1CCN(Cc2c(Cl)cccc2Cl)CC1. The number of nitrogens with one attached hydrogen (secondary N) is 1. The molecule has 1 fully saturated rings. The van der Waals surface area contributed by atoms with Crippen molar-refractivity contribution < 1.29 is 9.53 Å². The zero-order valence-electron chi connectivity index (χ0n) is 17.8. The van der Waals surface area contributed by atoms with E-state index in [0.717, 1.165) is 48.5 Å². The summed E-state index contributed by atoms with van der Waals surface area (Å²) in [6.07, 6.45) is 1.62. The molecule has 0 saturated carbocycles. The summed E-state index contributed by atoms with van der Waals surface area (Å²) in [6, 6.07) is 23.1. The molecular weight excluding hydrogens is 443 g/mol. The molecule has 1 heterocycles. The molecule has 4 rings (SSSR count). The van der Waals surface area contributed by atoms with Crippen LogP contribution in [0.4, 0.5) is 5.69 Å². The highest BCUT2D eigenvalue weighted by atomic mass is 35.5. The third kappa shape index (κ3) is 6.04. The van der Waals surface area contributed by atoms with E-state index in [-0.39, 0.29) is 11.8 Å². The maximum atomic E-state index is 12.7. The van der Waals surface area contributed by atoms with Crippen LogP contribution < -0.4 is 10.1 Å². The summed E-state index contributed by atoms with van der Waals surface area (Å²) in [7, 11) is 0. The molecule has 3 aromatic carbocycles. The molecule has 0 unspecified atom stereocenters. The fraction of sp³-hybridized carbons (Fsp3) is 0.269. The summed E-state index contributed by atoms with van der Waals surface area (Å²) in [4.78, 5) is 15.0. The van der Waals surface area contributed by atoms with Gasteiger partial charge in [0.1, 0.15) is 12.4 Å². The molecule has 1 N–H and O–H groups in total. The summed E-state index contributed by atoms with van der Waals surface area (Å²) in [5.41, 5.74) is 2.86. The maximum Gasteiger partial charge on any atom is 0.227 e. The maximum absolute atomic E-state index is 12.7. The lowest BCUT2D eigenvalue weighted by atomic mass is 9.95. The molecule has 0 atom stereocenters. The van der Waals surface area contributed by atoms with Crippen LogP contribution in [0.15, 0.2) is 72.8 Å². The molecule has 0 spiro atoms. The van der Waals surface area contributed by atoms with E-state index < -0.39 is 0 Å². The smallest absolute Gasteiger partial charge is 0.227 e. The quantitative estimate of drug-likeness (QED) is 0.434. The van der Waals surface area contributed by atoms with Crippen LogP contribution in [0.1, 0.15) is 24.0 Å². The molecular formula is C26H26Cl2N2O2. The van der Waals surface area contributed by atoms with E-state index >= 15 is 0 Å². The Hall–Kier alpha value is -2.53. The number of piperidine rings is 1. The zero-order chi connectivity index (χ0) is 22.3. The molecule has 0 bridgehead atoms. The standard InChI is InChI=1S/C26H26Cl2N2O2/c27-24-7-4-8-25(28)23(24)17-30-15-13-20(14-16-30)26(31)29-21-9-11-22(12-10-21)32-18-19-5-2-1-3-6-19/h1-12,20H,13-18H2,(H,29,31). The second-order valence-corrected chi connectivity index (χ2v) is 8.85. The Bertz CT molecular complexity index is 1010. The predicted octanol–water partition coefficient (Wildman–Crippen LogP) is 6.42. The number of hydrogen-bond acceptors (Lipinski definition) is 3. The normalized spacial score (nSPS) is 14.8. The third-order valence-corrected chi connectivity index (χ3v) is 6.48. The van der Waals surface area contributed by atoms with Gasteiger partial charge in [-0.3, -0.25) is 9.69 Å². The number of likely N-dealkylation sites (tertiary alicyclic amines) is 1. The number of benzene rings is 3. The average Bonchev–Trinajstić information content (AvgIpc) is 2.82. The van der Waals surface area contributed by atoms with Gasteiger partial charge in [-0.05, 0) is 67.9 Å². The van der Waals surface area contributed by atoms with Crippen molar-refractivity contribution in [3.05, 3.63) is 94.0 Å². The van der Waals surface area contributed by atoms with E-state index in [4.69, 9.17) is 27.9 Å². The first-order valence-electron chi connectivity index (χ1n) is 10.8. The molecule has 6 heteroatoms. The van der Waals surface area contributed by atoms with Gasteiger partial charge in [0.05, 0.1) is 0 Å². The lowest BCUT2D eigenvalue weighted by Crippen LogP contribution is -2.37. The molecule has 0 aliphatic carbocycles. The monoisotopic (exact) mass is 468 g/mol. The molecule has 0 aromatic heterocycles. The van der Waals surface area contributed by atoms with Crippen LogP contribution >= 0.6 is 23.2 Å². The summed E-state index contributed by atoms with van der Waals surface area (Å²) < 4.78 is 5.81. The number of carbonyl (C=O) groups is 1. The van der Waals surface area contributed by atoms with E-state index in [1.54, 1.807) is 0 Å². The fourth-order valence-electron chi connectivity index (χ4n) is 3.88. The first-order valence-corrected chi connectivity index (χ1v) is 11.6. The first kappa shape index (κ1) is 22.7. The van der Waals surface area contributed by atoms with Crippen LogP contribution in [0.5, 0.6) is 5.75 Å². The lowest BCUT2D eigenvalue weighted by Gasteiger charge is -2.31. The number of rotatable bonds is 7. The van der Waals surface area contributed by atoms with Crippen LogP contribution in [0.25, 0.3) is 0 Å². The number of nitrogens with zero attached hydrogens (tertiary/aromatic N) is 1. The van der Waals surface area contributed by atoms with Gasteiger partial charge < -0.3 is 10.1 Å². The molecule has 1 amide bonds. The van der Waals surface area contributed by atoms with Crippen molar-refractivity contribution >= 4 is 34.8 Å². The predicted molar refractivity (Wildman–Crippen MR) is 130 cm³/mol. The largest absolute Gasteiger partial charge is 0.489 e. The highest BCUT2D eigenvalue weighted by molar-refractivity contribution is 6.35. The fourth-order valence-corrected chi connectivity index (χ4v) is 4.40. The van der Waals surface area contributed by atoms with Crippen molar-refractivity contribution in [3.63, 3.8) is 0 Å². The number of hydrogen-bond donors (Lipinski definition) is 1. The Balaban J connectivity index is 1.24. The number of anilines is 1. The van der Waals surface area contributed by atoms with Crippen molar-refractivity contribution in [1.82, 2.24) is 4.90 Å². The van der Waals surface area contributed by atoms with Gasteiger partial charge in [0.15, 0.2) is 0 Å². The van der Waals surface area contributed by atoms with Gasteiger partial charge in [0.2, 0.25) is 5.91 Å². The van der Waals surface area contributed by atoms with Crippen molar-refractivity contribution in [1.29, 1.82) is 0 Å². The van der Waals surface area contributed by atoms with Gasteiger partial charge >= 0.3 is 0 Å². The van der Waals surface area contributed by atoms with Gasteiger partial charge in [-0.1, -0.05) is 59.6 Å². The van der Waals surface area contributed by atoms with E-state index in [1.165, 1.54) is 0 Å². The summed E-state index contributed by atoms with van der Waals surface area (Å²) in [5, 5.41) is 4.42. The van der Waals surface area contributed by atoms with Gasteiger partial charge in [-0.15, -0.1) is 0 Å². The van der Waals surface area contributed by atoms with Gasteiger partial charge in [0.25, 0.3) is 0 Å². The number of amides is 1. The van der Waals surface area contributed by atoms with Crippen molar-refractivity contribution in [2.24, 2.45) is 5.92 Å². The van der Waals surface area contributed by atoms with Crippen molar-refractivity contribution in [3.8, 4) is 5.75 Å². The molecule has 1 aliphatic heterocycles. The molecule has 0 radical (unpaired) electrons. The summed E-state index contributed by atoms with van der Waals surface area (Å²) in [5.74, 6) is 0.846. The average molecular weight is 469 g/mol. The van der Waals surface area contributed by atoms with Gasteiger partial charge in [-0.25, -0.2) is 0 Å². The molecule has 4 nitrogen and oxygen atoms in total. The topological polar surface area (TPSA) is 41.6 Å². The lowest BCUT2D eigenvalue weighted by molar-refractivity contribution is -0.121. The van der Waals surface area contributed by atoms with Crippen LogP contribution in [-0.4, -0.2) is 23.9 Å². The molecule has 1 saturated heterocycles. The third-order valence-electron chi connectivity index (χ3n) is 5.77. The summed E-state index contributed by atoms with van der Waals surface area (Å²) >= 11 is 12.6. The number of ether oxygens (including phenoxy) is 1. The van der Waals surface area contributed by atoms with E-state index in [1.807, 2.05) is 72.8 Å². The Morgan fingerprint density at radius 2 is 1.56 bits per heavy atom. The molecule has 1 aliphatic rings. The van der Waals surface area contributed by atoms with E-state index in [2.05, 4.69) is 10.2 Å².